The second-order valence-corrected chi connectivity index (χ2v) is 5.04. The number of carbonyl (C=O) groups is 1. The molecule has 0 fully saturated rings. The topological polar surface area (TPSA) is 44.1 Å². The fourth-order valence-corrected chi connectivity index (χ4v) is 2.38. The molecule has 0 aliphatic heterocycles. The first kappa shape index (κ1) is 15.3. The lowest BCUT2D eigenvalue weighted by molar-refractivity contribution is -0.117. The number of aryl methyl sites for hydroxylation is 2. The lowest BCUT2D eigenvalue weighted by Gasteiger charge is -2.05. The molecule has 0 saturated heterocycles. The van der Waals surface area contributed by atoms with Crippen molar-refractivity contribution in [3.05, 3.63) is 47.3 Å². The van der Waals surface area contributed by atoms with Crippen LogP contribution in [0.1, 0.15) is 30.8 Å². The van der Waals surface area contributed by atoms with Gasteiger partial charge in [-0.15, -0.1) is 0 Å². The number of ether oxygens (including phenoxy) is 1. The van der Waals surface area contributed by atoms with Gasteiger partial charge in [-0.1, -0.05) is 19.1 Å². The summed E-state index contributed by atoms with van der Waals surface area (Å²) in [6.07, 6.45) is 1.75. The summed E-state index contributed by atoms with van der Waals surface area (Å²) < 4.78 is 7.10. The van der Waals surface area contributed by atoms with Crippen LogP contribution in [-0.4, -0.2) is 22.7 Å². The van der Waals surface area contributed by atoms with Crippen molar-refractivity contribution in [1.29, 1.82) is 0 Å². The Morgan fingerprint density at radius 3 is 2.71 bits per heavy atom. The van der Waals surface area contributed by atoms with Gasteiger partial charge < -0.3 is 4.74 Å². The maximum Gasteiger partial charge on any atom is 0.143 e. The average Bonchev–Trinajstić information content (AvgIpc) is 2.89. The number of methoxy groups -OCH3 is 1. The molecule has 1 heterocycles. The molecule has 112 valence electrons. The van der Waals surface area contributed by atoms with Crippen molar-refractivity contribution in [2.45, 2.75) is 39.7 Å². The summed E-state index contributed by atoms with van der Waals surface area (Å²) in [5.41, 5.74) is 3.03. The van der Waals surface area contributed by atoms with Crippen molar-refractivity contribution in [2.75, 3.05) is 7.11 Å². The van der Waals surface area contributed by atoms with Crippen LogP contribution < -0.4 is 4.74 Å². The minimum atomic E-state index is 0.195. The number of carbonyl (C=O) groups excluding carboxylic acids is 1. The minimum absolute atomic E-state index is 0.195. The lowest BCUT2D eigenvalue weighted by atomic mass is 10.1. The Morgan fingerprint density at radius 2 is 2.05 bits per heavy atom. The quantitative estimate of drug-likeness (QED) is 0.786. The Bertz CT molecular complexity index is 617. The highest BCUT2D eigenvalue weighted by molar-refractivity contribution is 5.82. The maximum absolute atomic E-state index is 12.3. The van der Waals surface area contributed by atoms with E-state index < -0.39 is 0 Å². The third kappa shape index (κ3) is 3.94. The second-order valence-electron chi connectivity index (χ2n) is 5.04. The smallest absolute Gasteiger partial charge is 0.143 e. The molecular weight excluding hydrogens is 264 g/mol. The van der Waals surface area contributed by atoms with Crippen LogP contribution in [0.2, 0.25) is 0 Å². The third-order valence-corrected chi connectivity index (χ3v) is 3.49. The van der Waals surface area contributed by atoms with E-state index in [1.54, 1.807) is 7.11 Å². The number of aromatic nitrogens is 2. The minimum Gasteiger partial charge on any atom is -0.497 e. The summed E-state index contributed by atoms with van der Waals surface area (Å²) in [6.45, 7) is 4.91. The summed E-state index contributed by atoms with van der Waals surface area (Å²) in [5.74, 6) is 0.979. The third-order valence-electron chi connectivity index (χ3n) is 3.49. The molecule has 21 heavy (non-hydrogen) atoms. The molecule has 0 saturated carbocycles. The normalized spacial score (nSPS) is 10.6. The van der Waals surface area contributed by atoms with Gasteiger partial charge in [0.1, 0.15) is 11.5 Å². The predicted molar refractivity (Wildman–Crippen MR) is 82.7 cm³/mol. The Labute approximate surface area is 125 Å². The van der Waals surface area contributed by atoms with Crippen LogP contribution in [-0.2, 0) is 30.6 Å². The van der Waals surface area contributed by atoms with Gasteiger partial charge in [0.15, 0.2) is 0 Å². The van der Waals surface area contributed by atoms with Crippen LogP contribution in [0.3, 0.4) is 0 Å². The molecule has 4 heteroatoms. The largest absolute Gasteiger partial charge is 0.497 e. The molecule has 0 radical (unpaired) electrons. The summed E-state index contributed by atoms with van der Waals surface area (Å²) >= 11 is 0. The highest BCUT2D eigenvalue weighted by Gasteiger charge is 2.11. The van der Waals surface area contributed by atoms with E-state index in [4.69, 9.17) is 4.74 Å². The number of benzene rings is 1. The van der Waals surface area contributed by atoms with Crippen LogP contribution >= 0.6 is 0 Å². The van der Waals surface area contributed by atoms with Crippen molar-refractivity contribution >= 4 is 5.78 Å². The first-order valence-corrected chi connectivity index (χ1v) is 7.36. The molecular formula is C17H22N2O2. The SMILES string of the molecule is CCc1cc(CC(=O)Cc2cccc(OC)c2)n(CC)n1. The zero-order chi connectivity index (χ0) is 15.2. The fourth-order valence-electron chi connectivity index (χ4n) is 2.38. The van der Waals surface area contributed by atoms with Gasteiger partial charge in [-0.3, -0.25) is 9.48 Å². The van der Waals surface area contributed by atoms with Gasteiger partial charge in [0, 0.05) is 25.1 Å². The van der Waals surface area contributed by atoms with Crippen molar-refractivity contribution in [2.24, 2.45) is 0 Å². The molecule has 0 N–H and O–H groups in total. The number of rotatable bonds is 7. The number of hydrogen-bond acceptors (Lipinski definition) is 3. The maximum atomic E-state index is 12.3. The first-order chi connectivity index (χ1) is 10.2. The van der Waals surface area contributed by atoms with Crippen LogP contribution in [0.4, 0.5) is 0 Å². The van der Waals surface area contributed by atoms with E-state index in [1.807, 2.05) is 41.9 Å². The molecule has 0 unspecified atom stereocenters. The predicted octanol–water partition coefficient (Wildman–Crippen LogP) is 2.83. The van der Waals surface area contributed by atoms with E-state index in [1.165, 1.54) is 0 Å². The summed E-state index contributed by atoms with van der Waals surface area (Å²) in [5, 5.41) is 4.48. The van der Waals surface area contributed by atoms with E-state index in [0.29, 0.717) is 12.8 Å². The van der Waals surface area contributed by atoms with E-state index in [2.05, 4.69) is 12.0 Å². The second kappa shape index (κ2) is 7.07. The molecule has 4 nitrogen and oxygen atoms in total. The van der Waals surface area contributed by atoms with Crippen LogP contribution in [0, 0.1) is 0 Å². The van der Waals surface area contributed by atoms with Crippen molar-refractivity contribution in [3.8, 4) is 5.75 Å². The van der Waals surface area contributed by atoms with Gasteiger partial charge >= 0.3 is 0 Å². The summed E-state index contributed by atoms with van der Waals surface area (Å²) in [4.78, 5) is 12.3. The Kier molecular flexibility index (Phi) is 5.14. The van der Waals surface area contributed by atoms with Crippen LogP contribution in [0.5, 0.6) is 5.75 Å². The van der Waals surface area contributed by atoms with E-state index >= 15 is 0 Å². The van der Waals surface area contributed by atoms with Crippen LogP contribution in [0.25, 0.3) is 0 Å². The monoisotopic (exact) mass is 286 g/mol. The van der Waals surface area contributed by atoms with Crippen LogP contribution in [0.15, 0.2) is 30.3 Å². The lowest BCUT2D eigenvalue weighted by Crippen LogP contribution is -2.11. The molecule has 0 spiro atoms. The molecule has 0 amide bonds. The molecule has 0 aliphatic rings. The number of Topliss-reactive ketones (excluding diaryl/α,β-unsaturated/α-hetero) is 1. The van der Waals surface area contributed by atoms with Crippen molar-refractivity contribution < 1.29 is 9.53 Å². The first-order valence-electron chi connectivity index (χ1n) is 7.36. The summed E-state index contributed by atoms with van der Waals surface area (Å²) in [6, 6.07) is 9.69. The van der Waals surface area contributed by atoms with Gasteiger partial charge in [0.2, 0.25) is 0 Å². The van der Waals surface area contributed by atoms with Crippen molar-refractivity contribution in [3.63, 3.8) is 0 Å². The molecule has 1 aromatic heterocycles. The zero-order valence-corrected chi connectivity index (χ0v) is 12.9. The summed E-state index contributed by atoms with van der Waals surface area (Å²) in [7, 11) is 1.63. The number of nitrogens with zero attached hydrogens (tertiary/aromatic N) is 2. The molecule has 1 aromatic carbocycles. The molecule has 0 aliphatic carbocycles. The highest BCUT2D eigenvalue weighted by Crippen LogP contribution is 2.14. The van der Waals surface area contributed by atoms with Gasteiger partial charge in [-0.05, 0) is 37.1 Å². The van der Waals surface area contributed by atoms with Gasteiger partial charge in [-0.2, -0.15) is 5.10 Å². The molecule has 0 bridgehead atoms. The van der Waals surface area contributed by atoms with Gasteiger partial charge in [0.25, 0.3) is 0 Å². The Morgan fingerprint density at radius 1 is 1.24 bits per heavy atom. The van der Waals surface area contributed by atoms with Gasteiger partial charge in [0.05, 0.1) is 12.8 Å². The molecule has 2 rings (SSSR count). The Balaban J connectivity index is 2.05. The Hall–Kier alpha value is -2.10. The standard InChI is InChI=1S/C17H22N2O2/c1-4-14-11-15(19(5-2)18-14)12-16(20)9-13-7-6-8-17(10-13)21-3/h6-8,10-11H,4-5,9,12H2,1-3H3. The average molecular weight is 286 g/mol. The number of ketones is 1. The van der Waals surface area contributed by atoms with E-state index in [-0.39, 0.29) is 5.78 Å². The molecule has 0 atom stereocenters. The zero-order valence-electron chi connectivity index (χ0n) is 12.9. The van der Waals surface area contributed by atoms with Crippen molar-refractivity contribution in [1.82, 2.24) is 9.78 Å². The fraction of sp³-hybridized carbons (Fsp3) is 0.412. The van der Waals surface area contributed by atoms with Gasteiger partial charge in [-0.25, -0.2) is 0 Å². The van der Waals surface area contributed by atoms with E-state index in [9.17, 15) is 4.79 Å². The number of hydrogen-bond donors (Lipinski definition) is 0. The molecule has 2 aromatic rings. The highest BCUT2D eigenvalue weighted by atomic mass is 16.5. The van der Waals surface area contributed by atoms with E-state index in [0.717, 1.165) is 35.7 Å².